The van der Waals surface area contributed by atoms with E-state index in [2.05, 4.69) is 76.8 Å². The highest BCUT2D eigenvalue weighted by molar-refractivity contribution is 5.92. The first-order valence-electron chi connectivity index (χ1n) is 11.8. The number of para-hydroxylation sites is 1. The van der Waals surface area contributed by atoms with Crippen molar-refractivity contribution in [2.75, 3.05) is 44.9 Å². The molecule has 5 rings (SSSR count). The Morgan fingerprint density at radius 1 is 1.12 bits per heavy atom. The van der Waals surface area contributed by atoms with E-state index in [1.165, 1.54) is 11.1 Å². The highest BCUT2D eigenvalue weighted by Crippen LogP contribution is 2.33. The lowest BCUT2D eigenvalue weighted by Crippen LogP contribution is -2.49. The molecule has 1 N–H and O–H groups in total. The molecule has 6 heteroatoms. The SMILES string of the molecule is COCCOC1=CC2=CCCC=C(c3ccc4cccc(N5CCN[C@H](C)C5)c4n3)N2C=C1. The van der Waals surface area contributed by atoms with Gasteiger partial charge in [-0.05, 0) is 38.0 Å². The molecule has 1 aromatic heterocycles. The summed E-state index contributed by atoms with van der Waals surface area (Å²) in [5.74, 6) is 0.859. The Bertz CT molecular complexity index is 1130. The lowest BCUT2D eigenvalue weighted by Gasteiger charge is -2.34. The van der Waals surface area contributed by atoms with Crippen molar-refractivity contribution in [1.82, 2.24) is 15.2 Å². The number of nitrogens with zero attached hydrogens (tertiary/aromatic N) is 3. The van der Waals surface area contributed by atoms with Crippen LogP contribution in [0.5, 0.6) is 0 Å². The summed E-state index contributed by atoms with van der Waals surface area (Å²) >= 11 is 0. The zero-order valence-corrected chi connectivity index (χ0v) is 19.5. The number of allylic oxidation sites excluding steroid dienone is 4. The number of anilines is 1. The normalized spacial score (nSPS) is 20.7. The molecule has 0 bridgehead atoms. The van der Waals surface area contributed by atoms with Gasteiger partial charge >= 0.3 is 0 Å². The van der Waals surface area contributed by atoms with Crippen molar-refractivity contribution in [3.05, 3.63) is 78.0 Å². The van der Waals surface area contributed by atoms with Crippen LogP contribution in [0.3, 0.4) is 0 Å². The van der Waals surface area contributed by atoms with Gasteiger partial charge in [0.05, 0.1) is 29.2 Å². The molecular formula is C27H32N4O2. The molecule has 0 saturated carbocycles. The Morgan fingerprint density at radius 2 is 2.03 bits per heavy atom. The summed E-state index contributed by atoms with van der Waals surface area (Å²) in [5, 5.41) is 4.71. The minimum atomic E-state index is 0.472. The largest absolute Gasteiger partial charge is 0.491 e. The minimum Gasteiger partial charge on any atom is -0.491 e. The van der Waals surface area contributed by atoms with E-state index in [1.807, 2.05) is 6.08 Å². The van der Waals surface area contributed by atoms with Gasteiger partial charge in [-0.2, -0.15) is 0 Å². The van der Waals surface area contributed by atoms with Gasteiger partial charge in [0.2, 0.25) is 0 Å². The van der Waals surface area contributed by atoms with Gasteiger partial charge in [0.25, 0.3) is 0 Å². The molecule has 1 atom stereocenters. The topological polar surface area (TPSA) is 49.9 Å². The number of methoxy groups -OCH3 is 1. The van der Waals surface area contributed by atoms with Crippen molar-refractivity contribution in [1.29, 1.82) is 0 Å². The maximum absolute atomic E-state index is 5.84. The molecule has 1 saturated heterocycles. The number of fused-ring (bicyclic) bond motifs is 2. The van der Waals surface area contributed by atoms with Crippen LogP contribution >= 0.6 is 0 Å². The Morgan fingerprint density at radius 3 is 2.91 bits per heavy atom. The molecule has 0 radical (unpaired) electrons. The first-order chi connectivity index (χ1) is 16.2. The predicted molar refractivity (Wildman–Crippen MR) is 134 cm³/mol. The number of benzene rings is 1. The van der Waals surface area contributed by atoms with Gasteiger partial charge in [-0.3, -0.25) is 0 Å². The van der Waals surface area contributed by atoms with Crippen LogP contribution in [0.2, 0.25) is 0 Å². The number of nitrogens with one attached hydrogen (secondary N) is 1. The summed E-state index contributed by atoms with van der Waals surface area (Å²) in [6, 6.07) is 11.3. The van der Waals surface area contributed by atoms with Crippen LogP contribution in [0.1, 0.15) is 25.5 Å². The Balaban J connectivity index is 1.46. The highest BCUT2D eigenvalue weighted by Gasteiger charge is 2.22. The second-order valence-corrected chi connectivity index (χ2v) is 8.72. The Kier molecular flexibility index (Phi) is 6.46. The van der Waals surface area contributed by atoms with Crippen LogP contribution in [0, 0.1) is 0 Å². The maximum atomic E-state index is 5.84. The van der Waals surface area contributed by atoms with Crippen LogP contribution in [-0.4, -0.2) is 55.9 Å². The third-order valence-corrected chi connectivity index (χ3v) is 6.30. The molecule has 3 aliphatic rings. The minimum absolute atomic E-state index is 0.472. The van der Waals surface area contributed by atoms with Crippen molar-refractivity contribution in [3.8, 4) is 0 Å². The molecule has 6 nitrogen and oxygen atoms in total. The number of aromatic nitrogens is 1. The molecule has 0 spiro atoms. The third-order valence-electron chi connectivity index (χ3n) is 6.30. The second kappa shape index (κ2) is 9.81. The predicted octanol–water partition coefficient (Wildman–Crippen LogP) is 4.43. The monoisotopic (exact) mass is 444 g/mol. The molecule has 4 heterocycles. The second-order valence-electron chi connectivity index (χ2n) is 8.72. The number of hydrogen-bond donors (Lipinski definition) is 1. The molecule has 2 aromatic rings. The molecule has 1 fully saturated rings. The van der Waals surface area contributed by atoms with E-state index in [0.29, 0.717) is 19.3 Å². The van der Waals surface area contributed by atoms with Crippen LogP contribution in [-0.2, 0) is 9.47 Å². The number of rotatable bonds is 6. The fraction of sp³-hybridized carbons (Fsp3) is 0.370. The Labute approximate surface area is 195 Å². The van der Waals surface area contributed by atoms with E-state index >= 15 is 0 Å². The van der Waals surface area contributed by atoms with E-state index in [1.54, 1.807) is 7.11 Å². The molecule has 0 amide bonds. The zero-order chi connectivity index (χ0) is 22.6. The fourth-order valence-electron chi connectivity index (χ4n) is 4.66. The molecule has 1 aromatic carbocycles. The van der Waals surface area contributed by atoms with Crippen molar-refractivity contribution in [2.24, 2.45) is 0 Å². The molecule has 33 heavy (non-hydrogen) atoms. The maximum Gasteiger partial charge on any atom is 0.122 e. The number of pyridine rings is 1. The quantitative estimate of drug-likeness (QED) is 0.666. The number of piperazine rings is 1. The average Bonchev–Trinajstić information content (AvgIpc) is 3.05. The summed E-state index contributed by atoms with van der Waals surface area (Å²) in [5.41, 5.74) is 5.52. The van der Waals surface area contributed by atoms with Gasteiger partial charge in [0.15, 0.2) is 0 Å². The summed E-state index contributed by atoms with van der Waals surface area (Å²) in [4.78, 5) is 9.89. The van der Waals surface area contributed by atoms with Crippen molar-refractivity contribution < 1.29 is 9.47 Å². The van der Waals surface area contributed by atoms with Gasteiger partial charge in [-0.15, -0.1) is 0 Å². The van der Waals surface area contributed by atoms with Gasteiger partial charge in [0.1, 0.15) is 12.4 Å². The van der Waals surface area contributed by atoms with E-state index in [9.17, 15) is 0 Å². The third kappa shape index (κ3) is 4.68. The van der Waals surface area contributed by atoms with Crippen LogP contribution in [0.25, 0.3) is 16.6 Å². The van der Waals surface area contributed by atoms with Crippen LogP contribution in [0.4, 0.5) is 5.69 Å². The number of hydrogen-bond acceptors (Lipinski definition) is 6. The summed E-state index contributed by atoms with van der Waals surface area (Å²) in [7, 11) is 1.69. The number of ether oxygens (including phenoxy) is 2. The molecule has 3 aliphatic heterocycles. The summed E-state index contributed by atoms with van der Waals surface area (Å²) in [6.45, 7) is 6.35. The van der Waals surface area contributed by atoms with Gasteiger partial charge in [0, 0.05) is 56.1 Å². The molecular weight excluding hydrogens is 412 g/mol. The van der Waals surface area contributed by atoms with Crippen molar-refractivity contribution in [2.45, 2.75) is 25.8 Å². The lowest BCUT2D eigenvalue weighted by molar-refractivity contribution is 0.114. The molecule has 172 valence electrons. The molecule has 0 aliphatic carbocycles. The van der Waals surface area contributed by atoms with Gasteiger partial charge in [-0.1, -0.05) is 30.4 Å². The van der Waals surface area contributed by atoms with Gasteiger partial charge in [-0.25, -0.2) is 4.98 Å². The van der Waals surface area contributed by atoms with E-state index < -0.39 is 0 Å². The average molecular weight is 445 g/mol. The van der Waals surface area contributed by atoms with Crippen LogP contribution in [0.15, 0.2) is 72.3 Å². The zero-order valence-electron chi connectivity index (χ0n) is 19.5. The highest BCUT2D eigenvalue weighted by atomic mass is 16.5. The van der Waals surface area contributed by atoms with Crippen molar-refractivity contribution >= 4 is 22.3 Å². The lowest BCUT2D eigenvalue weighted by atomic mass is 10.1. The standard InChI is InChI=1S/C27H32N4O2/c1-20-19-30(15-13-28-20)26-9-5-6-21-10-11-24(29-27(21)26)25-8-4-3-7-22-18-23(12-14-31(22)25)33-17-16-32-2/h5-12,14,18,20,28H,3-4,13,15-17,19H2,1-2H3/t20-/m1/s1. The fourth-order valence-corrected chi connectivity index (χ4v) is 4.66. The van der Waals surface area contributed by atoms with E-state index in [0.717, 1.165) is 60.8 Å². The summed E-state index contributed by atoms with van der Waals surface area (Å²) in [6.07, 6.45) is 12.7. The first kappa shape index (κ1) is 21.7. The summed E-state index contributed by atoms with van der Waals surface area (Å²) < 4.78 is 10.9. The Hall–Kier alpha value is -3.09. The van der Waals surface area contributed by atoms with Crippen molar-refractivity contribution in [3.63, 3.8) is 0 Å². The molecule has 0 unspecified atom stereocenters. The van der Waals surface area contributed by atoms with E-state index in [-0.39, 0.29) is 0 Å². The van der Waals surface area contributed by atoms with E-state index in [4.69, 9.17) is 14.5 Å². The smallest absolute Gasteiger partial charge is 0.122 e. The first-order valence-corrected chi connectivity index (χ1v) is 11.8. The van der Waals surface area contributed by atoms with Crippen LogP contribution < -0.4 is 10.2 Å². The van der Waals surface area contributed by atoms with Gasteiger partial charge < -0.3 is 24.6 Å².